The molecule has 0 bridgehead atoms. The lowest BCUT2D eigenvalue weighted by atomic mass is 9.76. The molecule has 2 nitrogen and oxygen atoms in total. The van der Waals surface area contributed by atoms with Crippen molar-refractivity contribution in [3.05, 3.63) is 99.5 Å². The number of hydrogen-bond donors (Lipinski definition) is 0. The number of rotatable bonds is 7. The van der Waals surface area contributed by atoms with Gasteiger partial charge in [0, 0.05) is 12.5 Å². The van der Waals surface area contributed by atoms with Gasteiger partial charge in [-0.15, -0.1) is 0 Å². The molecule has 1 aliphatic rings. The van der Waals surface area contributed by atoms with Crippen LogP contribution in [0, 0.1) is 17.6 Å². The van der Waals surface area contributed by atoms with Crippen LogP contribution in [0.4, 0.5) is 8.78 Å². The van der Waals surface area contributed by atoms with Crippen LogP contribution in [0.15, 0.2) is 66.7 Å². The molecule has 6 heteroatoms. The van der Waals surface area contributed by atoms with Gasteiger partial charge >= 0.3 is 0 Å². The van der Waals surface area contributed by atoms with Gasteiger partial charge in [-0.2, -0.15) is 0 Å². The van der Waals surface area contributed by atoms with E-state index in [1.807, 2.05) is 24.3 Å². The molecule has 1 fully saturated rings. The molecule has 0 aliphatic carbocycles. The van der Waals surface area contributed by atoms with Crippen molar-refractivity contribution in [3.8, 4) is 5.75 Å². The molecule has 0 saturated carbocycles. The van der Waals surface area contributed by atoms with Gasteiger partial charge in [-0.3, -0.25) is 4.90 Å². The molecule has 32 heavy (non-hydrogen) atoms. The first-order chi connectivity index (χ1) is 15.5. The van der Waals surface area contributed by atoms with Crippen LogP contribution in [0.1, 0.15) is 29.9 Å². The van der Waals surface area contributed by atoms with Gasteiger partial charge in [-0.1, -0.05) is 53.5 Å². The quantitative estimate of drug-likeness (QED) is 0.358. The number of ether oxygens (including phenoxy) is 1. The van der Waals surface area contributed by atoms with Crippen molar-refractivity contribution in [1.29, 1.82) is 0 Å². The third kappa shape index (κ3) is 5.61. The highest BCUT2D eigenvalue weighted by atomic mass is 35.5. The molecule has 0 atom stereocenters. The zero-order valence-electron chi connectivity index (χ0n) is 17.6. The van der Waals surface area contributed by atoms with E-state index in [4.69, 9.17) is 27.9 Å². The highest BCUT2D eigenvalue weighted by Gasteiger charge is 2.29. The predicted molar refractivity (Wildman–Crippen MR) is 126 cm³/mol. The summed E-state index contributed by atoms with van der Waals surface area (Å²) in [6.45, 7) is 3.16. The van der Waals surface area contributed by atoms with Crippen LogP contribution in [0.25, 0.3) is 0 Å². The Kier molecular flexibility index (Phi) is 7.67. The summed E-state index contributed by atoms with van der Waals surface area (Å²) >= 11 is 12.3. The zero-order chi connectivity index (χ0) is 22.5. The topological polar surface area (TPSA) is 12.5 Å². The Balaban J connectivity index is 1.39. The normalized spacial score (nSPS) is 15.3. The largest absolute Gasteiger partial charge is 0.489 e. The Hall–Kier alpha value is -2.14. The molecule has 0 N–H and O–H groups in total. The fourth-order valence-electron chi connectivity index (χ4n) is 4.48. The van der Waals surface area contributed by atoms with Crippen LogP contribution in [-0.2, 0) is 0 Å². The maximum absolute atomic E-state index is 13.5. The summed E-state index contributed by atoms with van der Waals surface area (Å²) in [6, 6.07) is 18.7. The van der Waals surface area contributed by atoms with Crippen molar-refractivity contribution < 1.29 is 13.5 Å². The SMILES string of the molecule is Fc1ccc(C(c2ccc(F)cc2)C2CCN(CCOc3c(Cl)cccc3Cl)CC2)cc1. The van der Waals surface area contributed by atoms with Crippen molar-refractivity contribution in [2.24, 2.45) is 5.92 Å². The van der Waals surface area contributed by atoms with Crippen molar-refractivity contribution in [2.45, 2.75) is 18.8 Å². The van der Waals surface area contributed by atoms with E-state index in [9.17, 15) is 8.78 Å². The van der Waals surface area contributed by atoms with E-state index < -0.39 is 0 Å². The summed E-state index contributed by atoms with van der Waals surface area (Å²) in [6.07, 6.45) is 1.98. The van der Waals surface area contributed by atoms with E-state index >= 15 is 0 Å². The van der Waals surface area contributed by atoms with Crippen molar-refractivity contribution >= 4 is 23.2 Å². The Morgan fingerprint density at radius 1 is 0.812 bits per heavy atom. The third-order valence-corrected chi connectivity index (χ3v) is 6.73. The minimum absolute atomic E-state index is 0.108. The Morgan fingerprint density at radius 2 is 1.31 bits per heavy atom. The monoisotopic (exact) mass is 475 g/mol. The van der Waals surface area contributed by atoms with Crippen LogP contribution in [0.3, 0.4) is 0 Å². The average molecular weight is 476 g/mol. The second-order valence-electron chi connectivity index (χ2n) is 8.16. The molecule has 1 aliphatic heterocycles. The Morgan fingerprint density at radius 3 is 1.81 bits per heavy atom. The maximum Gasteiger partial charge on any atom is 0.156 e. The number of hydrogen-bond acceptors (Lipinski definition) is 2. The van der Waals surface area contributed by atoms with E-state index in [0.717, 1.165) is 43.6 Å². The van der Waals surface area contributed by atoms with Gasteiger partial charge in [0.25, 0.3) is 0 Å². The Bertz CT molecular complexity index is 953. The highest BCUT2D eigenvalue weighted by Crippen LogP contribution is 2.38. The lowest BCUT2D eigenvalue weighted by molar-refractivity contribution is 0.149. The van der Waals surface area contributed by atoms with E-state index in [1.165, 1.54) is 24.3 Å². The van der Waals surface area contributed by atoms with Gasteiger partial charge in [0.2, 0.25) is 0 Å². The fraction of sp³-hybridized carbons (Fsp3) is 0.308. The van der Waals surface area contributed by atoms with Crippen LogP contribution in [-0.4, -0.2) is 31.1 Å². The van der Waals surface area contributed by atoms with Crippen LogP contribution in [0.5, 0.6) is 5.75 Å². The number of para-hydroxylation sites is 1. The van der Waals surface area contributed by atoms with Crippen LogP contribution < -0.4 is 4.74 Å². The first kappa shape index (κ1) is 23.0. The smallest absolute Gasteiger partial charge is 0.156 e. The number of halogens is 4. The van der Waals surface area contributed by atoms with E-state index in [-0.39, 0.29) is 17.6 Å². The van der Waals surface area contributed by atoms with Crippen molar-refractivity contribution in [2.75, 3.05) is 26.2 Å². The second kappa shape index (κ2) is 10.7. The summed E-state index contributed by atoms with van der Waals surface area (Å²) in [5, 5.41) is 1.02. The zero-order valence-corrected chi connectivity index (χ0v) is 19.1. The molecule has 0 unspecified atom stereocenters. The summed E-state index contributed by atoms with van der Waals surface area (Å²) in [5.74, 6) is 0.524. The fourth-order valence-corrected chi connectivity index (χ4v) is 4.99. The molecule has 0 aromatic heterocycles. The molecule has 3 aromatic rings. The number of likely N-dealkylation sites (tertiary alicyclic amines) is 1. The summed E-state index contributed by atoms with van der Waals surface area (Å²) in [4.78, 5) is 2.37. The van der Waals surface area contributed by atoms with Gasteiger partial charge < -0.3 is 4.74 Å². The maximum atomic E-state index is 13.5. The summed E-state index contributed by atoms with van der Waals surface area (Å²) in [7, 11) is 0. The molecular formula is C26H25Cl2F2NO. The molecule has 0 radical (unpaired) electrons. The second-order valence-corrected chi connectivity index (χ2v) is 8.97. The molecule has 168 valence electrons. The summed E-state index contributed by atoms with van der Waals surface area (Å²) < 4.78 is 32.8. The number of nitrogens with zero attached hydrogens (tertiary/aromatic N) is 1. The minimum atomic E-state index is -0.250. The average Bonchev–Trinajstić information content (AvgIpc) is 2.79. The standard InChI is InChI=1S/C26H25Cl2F2NO/c27-23-2-1-3-24(28)26(23)32-17-16-31-14-12-20(13-15-31)25(18-4-8-21(29)9-5-18)19-6-10-22(30)11-7-19/h1-11,20,25H,12-17H2. The van der Waals surface area contributed by atoms with Gasteiger partial charge in [0.05, 0.1) is 10.0 Å². The van der Waals surface area contributed by atoms with Gasteiger partial charge in [-0.05, 0) is 79.4 Å². The molecular weight excluding hydrogens is 451 g/mol. The first-order valence-electron chi connectivity index (χ1n) is 10.8. The van der Waals surface area contributed by atoms with E-state index in [0.29, 0.717) is 28.3 Å². The first-order valence-corrected chi connectivity index (χ1v) is 11.6. The van der Waals surface area contributed by atoms with Crippen molar-refractivity contribution in [3.63, 3.8) is 0 Å². The van der Waals surface area contributed by atoms with Gasteiger partial charge in [0.15, 0.2) is 5.75 Å². The van der Waals surface area contributed by atoms with Crippen LogP contribution >= 0.6 is 23.2 Å². The van der Waals surface area contributed by atoms with E-state index in [2.05, 4.69) is 4.90 Å². The Labute approximate surface area is 197 Å². The molecule has 1 saturated heterocycles. The third-order valence-electron chi connectivity index (χ3n) is 6.13. The molecule has 4 rings (SSSR count). The predicted octanol–water partition coefficient (Wildman–Crippen LogP) is 7.19. The van der Waals surface area contributed by atoms with Gasteiger partial charge in [-0.25, -0.2) is 8.78 Å². The van der Waals surface area contributed by atoms with E-state index in [1.54, 1.807) is 18.2 Å². The highest BCUT2D eigenvalue weighted by molar-refractivity contribution is 6.37. The van der Waals surface area contributed by atoms with Gasteiger partial charge in [0.1, 0.15) is 18.2 Å². The lowest BCUT2D eigenvalue weighted by Gasteiger charge is -2.36. The molecule has 0 spiro atoms. The molecule has 3 aromatic carbocycles. The lowest BCUT2D eigenvalue weighted by Crippen LogP contribution is -2.38. The van der Waals surface area contributed by atoms with Crippen molar-refractivity contribution in [1.82, 2.24) is 4.90 Å². The molecule has 1 heterocycles. The number of piperidine rings is 1. The van der Waals surface area contributed by atoms with Crippen LogP contribution in [0.2, 0.25) is 10.0 Å². The molecule has 0 amide bonds. The number of benzene rings is 3. The summed E-state index contributed by atoms with van der Waals surface area (Å²) in [5.41, 5.74) is 2.13. The minimum Gasteiger partial charge on any atom is -0.489 e.